The van der Waals surface area contributed by atoms with Crippen molar-refractivity contribution in [2.24, 2.45) is 0 Å². The summed E-state index contributed by atoms with van der Waals surface area (Å²) in [4.78, 5) is 0. The maximum atomic E-state index is 11.9. The van der Waals surface area contributed by atoms with Crippen LogP contribution < -0.4 is 10.1 Å². The number of alkyl halides is 3. The Hall–Kier alpha value is -1.23. The van der Waals surface area contributed by atoms with Crippen molar-refractivity contribution in [1.82, 2.24) is 5.32 Å². The van der Waals surface area contributed by atoms with Gasteiger partial charge in [-0.05, 0) is 24.6 Å². The van der Waals surface area contributed by atoms with E-state index in [1.165, 1.54) is 12.1 Å². The summed E-state index contributed by atoms with van der Waals surface area (Å²) in [5.74, 6) is -0.196. The first-order valence-electron chi connectivity index (χ1n) is 5.39. The minimum atomic E-state index is -4.64. The molecule has 1 rings (SSSR count). The molecule has 0 saturated carbocycles. The van der Waals surface area contributed by atoms with Crippen LogP contribution in [-0.4, -0.2) is 12.4 Å². The molecule has 0 heterocycles. The monoisotopic (exact) mass is 247 g/mol. The molecule has 0 amide bonds. The lowest BCUT2D eigenvalue weighted by Crippen LogP contribution is -2.26. The molecule has 1 atom stereocenters. The van der Waals surface area contributed by atoms with Gasteiger partial charge in [-0.15, -0.1) is 13.2 Å². The average molecular weight is 247 g/mol. The van der Waals surface area contributed by atoms with Crippen LogP contribution in [0.5, 0.6) is 5.75 Å². The van der Waals surface area contributed by atoms with Crippen molar-refractivity contribution in [3.63, 3.8) is 0 Å². The highest BCUT2D eigenvalue weighted by Crippen LogP contribution is 2.24. The smallest absolute Gasteiger partial charge is 0.406 e. The third-order valence-electron chi connectivity index (χ3n) is 2.20. The van der Waals surface area contributed by atoms with E-state index in [1.807, 2.05) is 20.8 Å². The zero-order valence-corrected chi connectivity index (χ0v) is 10.0. The molecule has 96 valence electrons. The fraction of sp³-hybridized carbons (Fsp3) is 0.500. The normalized spacial score (nSPS) is 13.8. The molecule has 1 N–H and O–H groups in total. The molecule has 5 heteroatoms. The molecular formula is C12H16F3NO. The average Bonchev–Trinajstić information content (AvgIpc) is 2.15. The van der Waals surface area contributed by atoms with Crippen molar-refractivity contribution in [2.75, 3.05) is 0 Å². The quantitative estimate of drug-likeness (QED) is 0.877. The predicted molar refractivity (Wildman–Crippen MR) is 59.8 cm³/mol. The fourth-order valence-electron chi connectivity index (χ4n) is 1.55. The van der Waals surface area contributed by atoms with Gasteiger partial charge in [0, 0.05) is 12.1 Å². The Morgan fingerprint density at radius 1 is 1.06 bits per heavy atom. The molecule has 1 aromatic rings. The van der Waals surface area contributed by atoms with Crippen LogP contribution in [0.3, 0.4) is 0 Å². The number of hydrogen-bond donors (Lipinski definition) is 1. The van der Waals surface area contributed by atoms with Crippen LogP contribution in [0.15, 0.2) is 24.3 Å². The summed E-state index contributed by atoms with van der Waals surface area (Å²) >= 11 is 0. The van der Waals surface area contributed by atoms with E-state index in [0.29, 0.717) is 6.04 Å². The Labute approximate surface area is 98.8 Å². The van der Waals surface area contributed by atoms with Gasteiger partial charge in [0.25, 0.3) is 0 Å². The second-order valence-corrected chi connectivity index (χ2v) is 4.16. The van der Waals surface area contributed by atoms with E-state index in [9.17, 15) is 13.2 Å². The molecule has 0 radical (unpaired) electrons. The Bertz CT molecular complexity index is 346. The van der Waals surface area contributed by atoms with Gasteiger partial charge in [-0.1, -0.05) is 26.0 Å². The van der Waals surface area contributed by atoms with E-state index in [1.54, 1.807) is 12.1 Å². The molecule has 0 aliphatic carbocycles. The van der Waals surface area contributed by atoms with E-state index in [4.69, 9.17) is 0 Å². The van der Waals surface area contributed by atoms with Gasteiger partial charge in [0.2, 0.25) is 0 Å². The van der Waals surface area contributed by atoms with Gasteiger partial charge in [-0.3, -0.25) is 0 Å². The van der Waals surface area contributed by atoms with Crippen LogP contribution >= 0.6 is 0 Å². The molecule has 0 spiro atoms. The molecule has 2 nitrogen and oxygen atoms in total. The number of ether oxygens (including phenoxy) is 1. The minimum absolute atomic E-state index is 0.0925. The summed E-state index contributed by atoms with van der Waals surface area (Å²) in [7, 11) is 0. The highest BCUT2D eigenvalue weighted by molar-refractivity contribution is 5.29. The molecule has 17 heavy (non-hydrogen) atoms. The van der Waals surface area contributed by atoms with Gasteiger partial charge < -0.3 is 10.1 Å². The van der Waals surface area contributed by atoms with Crippen molar-refractivity contribution >= 4 is 0 Å². The SMILES string of the molecule is CC(C)NC(C)c1ccc(OC(F)(F)F)cc1. The molecule has 1 unspecified atom stereocenters. The predicted octanol–water partition coefficient (Wildman–Crippen LogP) is 3.64. The van der Waals surface area contributed by atoms with Crippen LogP contribution in [0, 0.1) is 0 Å². The standard InChI is InChI=1S/C12H16F3NO/c1-8(2)16-9(3)10-4-6-11(7-5-10)17-12(13,14)15/h4-9,16H,1-3H3. The third kappa shape index (κ3) is 5.08. The summed E-state index contributed by atoms with van der Waals surface area (Å²) in [6, 6.07) is 6.30. The van der Waals surface area contributed by atoms with E-state index in [0.717, 1.165) is 5.56 Å². The first kappa shape index (κ1) is 13.8. The first-order chi connectivity index (χ1) is 7.78. The Balaban J connectivity index is 2.67. The number of benzene rings is 1. The lowest BCUT2D eigenvalue weighted by atomic mass is 10.1. The van der Waals surface area contributed by atoms with Crippen LogP contribution in [-0.2, 0) is 0 Å². The number of rotatable bonds is 4. The largest absolute Gasteiger partial charge is 0.573 e. The number of halogens is 3. The third-order valence-corrected chi connectivity index (χ3v) is 2.20. The second kappa shape index (κ2) is 5.40. The lowest BCUT2D eigenvalue weighted by molar-refractivity contribution is -0.274. The van der Waals surface area contributed by atoms with Crippen molar-refractivity contribution in [3.05, 3.63) is 29.8 Å². The zero-order valence-electron chi connectivity index (χ0n) is 10.0. The number of nitrogens with one attached hydrogen (secondary N) is 1. The van der Waals surface area contributed by atoms with Crippen LogP contribution in [0.4, 0.5) is 13.2 Å². The Morgan fingerprint density at radius 3 is 2.00 bits per heavy atom. The summed E-state index contributed by atoms with van der Waals surface area (Å²) in [5, 5.41) is 3.26. The maximum Gasteiger partial charge on any atom is 0.573 e. The van der Waals surface area contributed by atoms with Crippen molar-refractivity contribution in [2.45, 2.75) is 39.2 Å². The molecule has 0 aliphatic heterocycles. The van der Waals surface area contributed by atoms with E-state index in [-0.39, 0.29) is 11.8 Å². The number of hydrogen-bond acceptors (Lipinski definition) is 2. The van der Waals surface area contributed by atoms with Gasteiger partial charge in [0.1, 0.15) is 5.75 Å². The van der Waals surface area contributed by atoms with E-state index >= 15 is 0 Å². The van der Waals surface area contributed by atoms with Gasteiger partial charge in [0.15, 0.2) is 0 Å². The summed E-state index contributed by atoms with van der Waals surface area (Å²) in [6.45, 7) is 5.98. The van der Waals surface area contributed by atoms with Gasteiger partial charge in [-0.25, -0.2) is 0 Å². The summed E-state index contributed by atoms with van der Waals surface area (Å²) < 4.78 is 39.6. The van der Waals surface area contributed by atoms with Crippen molar-refractivity contribution < 1.29 is 17.9 Å². The van der Waals surface area contributed by atoms with Crippen LogP contribution in [0.2, 0.25) is 0 Å². The van der Waals surface area contributed by atoms with Crippen molar-refractivity contribution in [3.8, 4) is 5.75 Å². The molecule has 1 aromatic carbocycles. The molecule has 0 saturated heterocycles. The zero-order chi connectivity index (χ0) is 13.1. The second-order valence-electron chi connectivity index (χ2n) is 4.16. The van der Waals surface area contributed by atoms with Gasteiger partial charge >= 0.3 is 6.36 Å². The van der Waals surface area contributed by atoms with Gasteiger partial charge in [0.05, 0.1) is 0 Å². The van der Waals surface area contributed by atoms with E-state index in [2.05, 4.69) is 10.1 Å². The van der Waals surface area contributed by atoms with Crippen LogP contribution in [0.1, 0.15) is 32.4 Å². The van der Waals surface area contributed by atoms with Crippen LogP contribution in [0.25, 0.3) is 0 Å². The molecule has 0 bridgehead atoms. The highest BCUT2D eigenvalue weighted by Gasteiger charge is 2.30. The van der Waals surface area contributed by atoms with Gasteiger partial charge in [-0.2, -0.15) is 0 Å². The topological polar surface area (TPSA) is 21.3 Å². The summed E-state index contributed by atoms with van der Waals surface area (Å²) in [5.41, 5.74) is 0.924. The van der Waals surface area contributed by atoms with E-state index < -0.39 is 6.36 Å². The maximum absolute atomic E-state index is 11.9. The molecule has 0 fully saturated rings. The molecule has 0 aliphatic rings. The Morgan fingerprint density at radius 2 is 1.59 bits per heavy atom. The molecule has 0 aromatic heterocycles. The lowest BCUT2D eigenvalue weighted by Gasteiger charge is -2.17. The fourth-order valence-corrected chi connectivity index (χ4v) is 1.55. The highest BCUT2D eigenvalue weighted by atomic mass is 19.4. The minimum Gasteiger partial charge on any atom is -0.406 e. The summed E-state index contributed by atoms with van der Waals surface area (Å²) in [6.07, 6.45) is -4.64. The van der Waals surface area contributed by atoms with Crippen molar-refractivity contribution in [1.29, 1.82) is 0 Å². The molecular weight excluding hydrogens is 231 g/mol. The first-order valence-corrected chi connectivity index (χ1v) is 5.39. The Kier molecular flexibility index (Phi) is 4.40.